The summed E-state index contributed by atoms with van der Waals surface area (Å²) >= 11 is 3.51. The van der Waals surface area contributed by atoms with E-state index in [1.165, 1.54) is 0 Å². The van der Waals surface area contributed by atoms with Crippen LogP contribution in [-0.4, -0.2) is 36.3 Å². The maximum atomic E-state index is 12.2. The minimum atomic E-state index is 0.00678. The number of carbonyl (C=O) groups excluding carboxylic acids is 2. The molecule has 148 valence electrons. The Morgan fingerprint density at radius 3 is 2.68 bits per heavy atom. The summed E-state index contributed by atoms with van der Waals surface area (Å²) < 4.78 is 6.24. The van der Waals surface area contributed by atoms with Gasteiger partial charge in [-0.3, -0.25) is 9.59 Å². The fourth-order valence-corrected chi connectivity index (χ4v) is 3.78. The molecule has 1 N–H and O–H groups in total. The first-order chi connectivity index (χ1) is 13.6. The molecule has 3 rings (SSSR count). The van der Waals surface area contributed by atoms with Crippen molar-refractivity contribution in [2.75, 3.05) is 19.6 Å². The first-order valence-corrected chi connectivity index (χ1v) is 10.4. The Hall–Kier alpha value is -2.34. The zero-order valence-corrected chi connectivity index (χ0v) is 17.4. The zero-order valence-electron chi connectivity index (χ0n) is 15.8. The van der Waals surface area contributed by atoms with Crippen LogP contribution in [-0.2, 0) is 16.0 Å². The largest absolute Gasteiger partial charge is 0.465 e. The maximum absolute atomic E-state index is 12.2. The summed E-state index contributed by atoms with van der Waals surface area (Å²) in [4.78, 5) is 26.2. The van der Waals surface area contributed by atoms with Crippen molar-refractivity contribution in [1.29, 1.82) is 0 Å². The Bertz CT molecular complexity index is 809. The van der Waals surface area contributed by atoms with Crippen molar-refractivity contribution in [1.82, 2.24) is 10.2 Å². The minimum Gasteiger partial charge on any atom is -0.465 e. The fraction of sp³-hybridized carbons (Fsp3) is 0.364. The summed E-state index contributed by atoms with van der Waals surface area (Å²) in [6.07, 6.45) is 7.86. The molecular weight excluding hydrogens is 420 g/mol. The predicted molar refractivity (Wildman–Crippen MR) is 113 cm³/mol. The highest BCUT2D eigenvalue weighted by molar-refractivity contribution is 9.10. The van der Waals surface area contributed by atoms with Crippen LogP contribution in [0.5, 0.6) is 0 Å². The molecular formula is C22H25BrN2O3. The third kappa shape index (κ3) is 6.09. The predicted octanol–water partition coefficient (Wildman–Crippen LogP) is 4.04. The maximum Gasteiger partial charge on any atom is 0.246 e. The minimum absolute atomic E-state index is 0.00678. The van der Waals surface area contributed by atoms with E-state index in [1.54, 1.807) is 24.5 Å². The number of likely N-dealkylation sites (tertiary alicyclic amines) is 1. The van der Waals surface area contributed by atoms with Crippen molar-refractivity contribution >= 4 is 33.8 Å². The lowest BCUT2D eigenvalue weighted by molar-refractivity contribution is -0.127. The number of amides is 2. The number of piperidine rings is 1. The Kier molecular flexibility index (Phi) is 7.48. The van der Waals surface area contributed by atoms with Crippen LogP contribution in [0.2, 0.25) is 0 Å². The van der Waals surface area contributed by atoms with Gasteiger partial charge in [0.15, 0.2) is 0 Å². The molecule has 1 fully saturated rings. The molecule has 0 saturated carbocycles. The van der Waals surface area contributed by atoms with Gasteiger partial charge >= 0.3 is 0 Å². The van der Waals surface area contributed by atoms with Gasteiger partial charge in [-0.2, -0.15) is 0 Å². The molecule has 0 unspecified atom stereocenters. The van der Waals surface area contributed by atoms with Crippen LogP contribution in [0, 0.1) is 5.92 Å². The lowest BCUT2D eigenvalue weighted by atomic mass is 9.96. The van der Waals surface area contributed by atoms with E-state index < -0.39 is 0 Å². The summed E-state index contributed by atoms with van der Waals surface area (Å²) in [6.45, 7) is 2.12. The van der Waals surface area contributed by atoms with Gasteiger partial charge in [0.2, 0.25) is 11.8 Å². The van der Waals surface area contributed by atoms with Gasteiger partial charge in [-0.05, 0) is 55.0 Å². The lowest BCUT2D eigenvalue weighted by Gasteiger charge is -2.31. The van der Waals surface area contributed by atoms with Gasteiger partial charge in [-0.1, -0.05) is 34.1 Å². The van der Waals surface area contributed by atoms with Gasteiger partial charge in [0, 0.05) is 36.6 Å². The average Bonchev–Trinajstić information content (AvgIpc) is 3.24. The third-order valence-corrected chi connectivity index (χ3v) is 5.80. The average molecular weight is 445 g/mol. The fourth-order valence-electron chi connectivity index (χ4n) is 3.30. The third-order valence-electron chi connectivity index (χ3n) is 5.03. The molecule has 6 heteroatoms. The second-order valence-electron chi connectivity index (χ2n) is 7.01. The number of carbonyl (C=O) groups is 2. The van der Waals surface area contributed by atoms with E-state index in [9.17, 15) is 9.59 Å². The molecule has 0 atom stereocenters. The molecule has 1 aromatic heterocycles. The van der Waals surface area contributed by atoms with Crippen LogP contribution in [0.15, 0.2) is 57.6 Å². The first kappa shape index (κ1) is 20.4. The molecule has 1 aromatic carbocycles. The first-order valence-electron chi connectivity index (χ1n) is 9.62. The van der Waals surface area contributed by atoms with Crippen molar-refractivity contribution in [2.24, 2.45) is 5.92 Å². The molecule has 0 spiro atoms. The van der Waals surface area contributed by atoms with Crippen LogP contribution < -0.4 is 5.32 Å². The number of hydrogen-bond acceptors (Lipinski definition) is 3. The van der Waals surface area contributed by atoms with E-state index in [0.29, 0.717) is 24.6 Å². The summed E-state index contributed by atoms with van der Waals surface area (Å²) in [5.41, 5.74) is 1.15. The van der Waals surface area contributed by atoms with Crippen LogP contribution in [0.4, 0.5) is 0 Å². The lowest BCUT2D eigenvalue weighted by Crippen LogP contribution is -2.41. The molecule has 0 radical (unpaired) electrons. The zero-order chi connectivity index (χ0) is 19.8. The molecule has 1 aliphatic heterocycles. The van der Waals surface area contributed by atoms with Gasteiger partial charge in [0.25, 0.3) is 0 Å². The molecule has 2 aromatic rings. The number of rotatable bonds is 7. The molecule has 28 heavy (non-hydrogen) atoms. The highest BCUT2D eigenvalue weighted by Crippen LogP contribution is 2.18. The number of halogens is 1. The van der Waals surface area contributed by atoms with E-state index in [-0.39, 0.29) is 11.8 Å². The van der Waals surface area contributed by atoms with Gasteiger partial charge in [-0.15, -0.1) is 0 Å². The topological polar surface area (TPSA) is 62.6 Å². The van der Waals surface area contributed by atoms with E-state index >= 15 is 0 Å². The van der Waals surface area contributed by atoms with Gasteiger partial charge in [0.05, 0.1) is 6.26 Å². The molecule has 0 aliphatic carbocycles. The summed E-state index contributed by atoms with van der Waals surface area (Å²) in [6, 6.07) is 11.6. The molecule has 2 amide bonds. The number of nitrogens with one attached hydrogen (secondary N) is 1. The Balaban J connectivity index is 1.34. The van der Waals surface area contributed by atoms with Crippen LogP contribution in [0.1, 0.15) is 30.6 Å². The second kappa shape index (κ2) is 10.3. The Morgan fingerprint density at radius 2 is 1.96 bits per heavy atom. The number of benzene rings is 1. The van der Waals surface area contributed by atoms with Gasteiger partial charge < -0.3 is 14.6 Å². The number of aryl methyl sites for hydroxylation is 1. The number of hydrogen-bond donors (Lipinski definition) is 1. The molecule has 5 nitrogen and oxygen atoms in total. The molecule has 1 saturated heterocycles. The number of nitrogens with zero attached hydrogens (tertiary/aromatic N) is 1. The smallest absolute Gasteiger partial charge is 0.246 e. The summed E-state index contributed by atoms with van der Waals surface area (Å²) in [7, 11) is 0. The molecule has 0 bridgehead atoms. The monoisotopic (exact) mass is 444 g/mol. The van der Waals surface area contributed by atoms with Crippen LogP contribution in [0.3, 0.4) is 0 Å². The molecule has 1 aliphatic rings. The van der Waals surface area contributed by atoms with Gasteiger partial charge in [-0.25, -0.2) is 0 Å². The Labute approximate surface area is 173 Å². The molecule has 2 heterocycles. The highest BCUT2D eigenvalue weighted by atomic mass is 79.9. The van der Waals surface area contributed by atoms with Crippen molar-refractivity contribution in [2.45, 2.75) is 25.7 Å². The second-order valence-corrected chi connectivity index (χ2v) is 7.87. The summed E-state index contributed by atoms with van der Waals surface area (Å²) in [5, 5.41) is 3.05. The van der Waals surface area contributed by atoms with Crippen molar-refractivity contribution < 1.29 is 14.0 Å². The van der Waals surface area contributed by atoms with E-state index in [4.69, 9.17) is 4.42 Å². The van der Waals surface area contributed by atoms with Crippen LogP contribution in [0.25, 0.3) is 6.08 Å². The van der Waals surface area contributed by atoms with E-state index in [0.717, 1.165) is 42.4 Å². The van der Waals surface area contributed by atoms with E-state index in [1.807, 2.05) is 35.2 Å². The standard InChI is InChI=1S/C22H25BrN2O3/c23-20-6-2-1-4-18(20)7-9-21(26)24-16-17-11-13-25(14-12-17)22(27)10-8-19-5-3-15-28-19/h1-6,8,10,15,17H,7,9,11-14,16H2,(H,24,26)/b10-8+. The Morgan fingerprint density at radius 1 is 1.18 bits per heavy atom. The highest BCUT2D eigenvalue weighted by Gasteiger charge is 2.22. The van der Waals surface area contributed by atoms with Crippen LogP contribution >= 0.6 is 15.9 Å². The normalized spacial score (nSPS) is 15.1. The van der Waals surface area contributed by atoms with E-state index in [2.05, 4.69) is 21.2 Å². The SMILES string of the molecule is O=C(CCc1ccccc1Br)NCC1CCN(C(=O)/C=C/c2ccco2)CC1. The van der Waals surface area contributed by atoms with Crippen molar-refractivity contribution in [3.63, 3.8) is 0 Å². The quantitative estimate of drug-likeness (QED) is 0.655. The summed E-state index contributed by atoms with van der Waals surface area (Å²) in [5.74, 6) is 1.18. The number of furan rings is 1. The van der Waals surface area contributed by atoms with Gasteiger partial charge in [0.1, 0.15) is 5.76 Å². The van der Waals surface area contributed by atoms with Crippen molar-refractivity contribution in [3.8, 4) is 0 Å². The van der Waals surface area contributed by atoms with Crippen molar-refractivity contribution in [3.05, 3.63) is 64.5 Å².